The summed E-state index contributed by atoms with van der Waals surface area (Å²) >= 11 is 10.8. The van der Waals surface area contributed by atoms with Gasteiger partial charge in [0.25, 0.3) is 0 Å². The summed E-state index contributed by atoms with van der Waals surface area (Å²) in [4.78, 5) is 3.83. The van der Waals surface area contributed by atoms with Gasteiger partial charge in [-0.1, -0.05) is 37.2 Å². The van der Waals surface area contributed by atoms with E-state index < -0.39 is 10.2 Å². The van der Waals surface area contributed by atoms with Crippen LogP contribution in [0.1, 0.15) is 24.9 Å². The molecule has 0 radical (unpaired) electrons. The van der Waals surface area contributed by atoms with E-state index in [2.05, 4.69) is 4.98 Å². The Hall–Kier alpha value is -0.700. The van der Waals surface area contributed by atoms with E-state index in [0.29, 0.717) is 12.1 Å². The molecule has 0 aliphatic rings. The Kier molecular flexibility index (Phi) is 4.71. The molecule has 0 unspecified atom stereocenters. The van der Waals surface area contributed by atoms with Crippen LogP contribution in [0.3, 0.4) is 0 Å². The van der Waals surface area contributed by atoms with Crippen LogP contribution in [0.2, 0.25) is 5.15 Å². The Morgan fingerprint density at radius 3 is 2.50 bits per heavy atom. The predicted molar refractivity (Wildman–Crippen MR) is 75.1 cm³/mol. The molecule has 1 aromatic heterocycles. The summed E-state index contributed by atoms with van der Waals surface area (Å²) in [5.41, 5.74) is 5.90. The standard InChI is InChI=1S/C9H15ClN4O2S2/c1-4-5-6-7(10)12-9(8(11)17)14(6)18(15,16)13(2)3/h4-5H2,1-3H3,(H2,11,17). The molecule has 18 heavy (non-hydrogen) atoms. The topological polar surface area (TPSA) is 81.2 Å². The molecule has 2 N–H and O–H groups in total. The van der Waals surface area contributed by atoms with Gasteiger partial charge in [0.2, 0.25) is 0 Å². The number of hydrogen-bond acceptors (Lipinski definition) is 4. The zero-order valence-electron chi connectivity index (χ0n) is 10.3. The number of nitrogens with zero attached hydrogens (tertiary/aromatic N) is 3. The van der Waals surface area contributed by atoms with E-state index in [4.69, 9.17) is 29.6 Å². The van der Waals surface area contributed by atoms with Crippen LogP contribution in [-0.4, -0.2) is 40.8 Å². The molecule has 0 aliphatic heterocycles. The van der Waals surface area contributed by atoms with Gasteiger partial charge in [-0.2, -0.15) is 12.7 Å². The summed E-state index contributed by atoms with van der Waals surface area (Å²) in [6, 6.07) is 0. The lowest BCUT2D eigenvalue weighted by Gasteiger charge is -2.16. The average Bonchev–Trinajstić information content (AvgIpc) is 2.57. The Balaban J connectivity index is 3.62. The van der Waals surface area contributed by atoms with E-state index in [-0.39, 0.29) is 16.0 Å². The quantitative estimate of drug-likeness (QED) is 0.813. The van der Waals surface area contributed by atoms with Crippen molar-refractivity contribution in [3.8, 4) is 0 Å². The average molecular weight is 311 g/mol. The smallest absolute Gasteiger partial charge is 0.309 e. The maximum atomic E-state index is 12.2. The van der Waals surface area contributed by atoms with Crippen molar-refractivity contribution in [2.45, 2.75) is 19.8 Å². The van der Waals surface area contributed by atoms with Gasteiger partial charge in [0, 0.05) is 14.1 Å². The van der Waals surface area contributed by atoms with Gasteiger partial charge in [-0.25, -0.2) is 8.96 Å². The monoisotopic (exact) mass is 310 g/mol. The lowest BCUT2D eigenvalue weighted by molar-refractivity contribution is 0.508. The normalized spacial score (nSPS) is 12.1. The van der Waals surface area contributed by atoms with Crippen LogP contribution in [0.4, 0.5) is 0 Å². The fraction of sp³-hybridized carbons (Fsp3) is 0.556. The van der Waals surface area contributed by atoms with Crippen molar-refractivity contribution in [1.29, 1.82) is 0 Å². The lowest BCUT2D eigenvalue weighted by atomic mass is 10.3. The van der Waals surface area contributed by atoms with Crippen molar-refractivity contribution in [3.05, 3.63) is 16.7 Å². The van der Waals surface area contributed by atoms with Crippen molar-refractivity contribution in [2.75, 3.05) is 14.1 Å². The number of thiocarbonyl (C=S) groups is 1. The molecule has 9 heteroatoms. The summed E-state index contributed by atoms with van der Waals surface area (Å²) < 4.78 is 26.6. The number of imidazole rings is 1. The molecular weight excluding hydrogens is 296 g/mol. The van der Waals surface area contributed by atoms with Gasteiger partial charge in [0.05, 0.1) is 5.69 Å². The van der Waals surface area contributed by atoms with Gasteiger partial charge >= 0.3 is 10.2 Å². The van der Waals surface area contributed by atoms with Gasteiger partial charge < -0.3 is 5.73 Å². The molecule has 0 saturated carbocycles. The second-order valence-electron chi connectivity index (χ2n) is 3.84. The number of aromatic nitrogens is 2. The van der Waals surface area contributed by atoms with Crippen LogP contribution in [0.15, 0.2) is 0 Å². The molecular formula is C9H15ClN4O2S2. The number of halogens is 1. The second kappa shape index (κ2) is 5.52. The molecule has 1 rings (SSSR count). The maximum Gasteiger partial charge on any atom is 0.309 e. The molecule has 102 valence electrons. The third-order valence-electron chi connectivity index (χ3n) is 2.28. The third-order valence-corrected chi connectivity index (χ3v) is 4.54. The fourth-order valence-electron chi connectivity index (χ4n) is 1.42. The molecule has 6 nitrogen and oxygen atoms in total. The van der Waals surface area contributed by atoms with E-state index >= 15 is 0 Å². The van der Waals surface area contributed by atoms with Crippen LogP contribution in [0, 0.1) is 0 Å². The molecule has 0 fully saturated rings. The van der Waals surface area contributed by atoms with Crippen molar-refractivity contribution in [3.63, 3.8) is 0 Å². The van der Waals surface area contributed by atoms with E-state index in [1.807, 2.05) is 6.92 Å². The van der Waals surface area contributed by atoms with Crippen LogP contribution in [0.25, 0.3) is 0 Å². The van der Waals surface area contributed by atoms with Crippen molar-refractivity contribution < 1.29 is 8.42 Å². The second-order valence-corrected chi connectivity index (χ2v) is 6.63. The van der Waals surface area contributed by atoms with Gasteiger partial charge in [0.1, 0.15) is 4.99 Å². The minimum Gasteiger partial charge on any atom is -0.387 e. The summed E-state index contributed by atoms with van der Waals surface area (Å²) in [7, 11) is -0.911. The van der Waals surface area contributed by atoms with Crippen LogP contribution >= 0.6 is 23.8 Å². The summed E-state index contributed by atoms with van der Waals surface area (Å²) in [6.07, 6.45) is 1.20. The molecule has 0 bridgehead atoms. The zero-order chi connectivity index (χ0) is 14.1. The molecule has 0 amide bonds. The highest BCUT2D eigenvalue weighted by atomic mass is 35.5. The van der Waals surface area contributed by atoms with Crippen LogP contribution in [-0.2, 0) is 16.6 Å². The number of rotatable bonds is 5. The van der Waals surface area contributed by atoms with Gasteiger partial charge in [0.15, 0.2) is 11.0 Å². The van der Waals surface area contributed by atoms with Crippen molar-refractivity contribution in [2.24, 2.45) is 5.73 Å². The third kappa shape index (κ3) is 2.66. The Morgan fingerprint density at radius 2 is 2.11 bits per heavy atom. The SMILES string of the molecule is CCCc1c(Cl)nc(C(N)=S)n1S(=O)(=O)N(C)C. The van der Waals surface area contributed by atoms with E-state index in [1.165, 1.54) is 14.1 Å². The van der Waals surface area contributed by atoms with Crippen LogP contribution in [0.5, 0.6) is 0 Å². The van der Waals surface area contributed by atoms with E-state index in [0.717, 1.165) is 14.7 Å². The van der Waals surface area contributed by atoms with Crippen molar-refractivity contribution >= 4 is 39.0 Å². The highest BCUT2D eigenvalue weighted by molar-refractivity contribution is 7.87. The molecule has 1 aromatic rings. The molecule has 0 atom stereocenters. The largest absolute Gasteiger partial charge is 0.387 e. The minimum absolute atomic E-state index is 0.00727. The molecule has 0 spiro atoms. The lowest BCUT2D eigenvalue weighted by Crippen LogP contribution is -2.33. The van der Waals surface area contributed by atoms with E-state index in [9.17, 15) is 8.42 Å². The molecule has 1 heterocycles. The predicted octanol–water partition coefficient (Wildman–Crippen LogP) is 0.778. The fourth-order valence-corrected chi connectivity index (χ4v) is 3.07. The van der Waals surface area contributed by atoms with E-state index in [1.54, 1.807) is 0 Å². The van der Waals surface area contributed by atoms with Gasteiger partial charge in [-0.05, 0) is 6.42 Å². The zero-order valence-corrected chi connectivity index (χ0v) is 12.7. The highest BCUT2D eigenvalue weighted by Gasteiger charge is 2.27. The number of hydrogen-bond donors (Lipinski definition) is 1. The Labute approximate surface area is 117 Å². The first-order valence-corrected chi connectivity index (χ1v) is 7.41. The minimum atomic E-state index is -3.75. The number of nitrogens with two attached hydrogens (primary N) is 1. The molecule has 0 aliphatic carbocycles. The molecule has 0 aromatic carbocycles. The molecule has 0 saturated heterocycles. The maximum absolute atomic E-state index is 12.2. The summed E-state index contributed by atoms with van der Waals surface area (Å²) in [5, 5.41) is 0.116. The summed E-state index contributed by atoms with van der Waals surface area (Å²) in [5.74, 6) is -0.00727. The first-order valence-electron chi connectivity index (χ1n) is 5.23. The van der Waals surface area contributed by atoms with Crippen molar-refractivity contribution in [1.82, 2.24) is 13.3 Å². The Morgan fingerprint density at radius 1 is 1.56 bits per heavy atom. The van der Waals surface area contributed by atoms with Crippen LogP contribution < -0.4 is 5.73 Å². The van der Waals surface area contributed by atoms with Gasteiger partial charge in [-0.15, -0.1) is 0 Å². The van der Waals surface area contributed by atoms with Gasteiger partial charge in [-0.3, -0.25) is 0 Å². The summed E-state index contributed by atoms with van der Waals surface area (Å²) in [6.45, 7) is 1.91. The first-order chi connectivity index (χ1) is 8.23. The first kappa shape index (κ1) is 15.4. The highest BCUT2D eigenvalue weighted by Crippen LogP contribution is 2.22. The Bertz CT molecular complexity index is 565.